The van der Waals surface area contributed by atoms with Crippen LogP contribution >= 0.6 is 11.6 Å². The van der Waals surface area contributed by atoms with Gasteiger partial charge >= 0.3 is 0 Å². The molecule has 0 spiro atoms. The number of aliphatic hydroxyl groups is 1. The maximum absolute atomic E-state index is 13.4. The van der Waals surface area contributed by atoms with Crippen LogP contribution in [0.1, 0.15) is 22.8 Å². The molecule has 2 nitrogen and oxygen atoms in total. The van der Waals surface area contributed by atoms with Crippen LogP contribution in [0.5, 0.6) is 5.75 Å². The largest absolute Gasteiger partial charge is 0.496 e. The normalized spacial score (nSPS) is 12.2. The van der Waals surface area contributed by atoms with Gasteiger partial charge in [-0.15, -0.1) is 0 Å². The molecule has 0 fully saturated rings. The summed E-state index contributed by atoms with van der Waals surface area (Å²) in [5.41, 5.74) is 2.28. The molecule has 4 heteroatoms. The summed E-state index contributed by atoms with van der Waals surface area (Å²) >= 11 is 5.90. The molecule has 0 heterocycles. The number of benzene rings is 2. The van der Waals surface area contributed by atoms with Crippen molar-refractivity contribution >= 4 is 11.6 Å². The minimum Gasteiger partial charge on any atom is -0.496 e. The lowest BCUT2D eigenvalue weighted by molar-refractivity contribution is 0.178. The lowest BCUT2D eigenvalue weighted by Crippen LogP contribution is -2.03. The molecule has 0 radical (unpaired) electrons. The third-order valence-corrected chi connectivity index (χ3v) is 3.67. The topological polar surface area (TPSA) is 29.5 Å². The molecule has 0 aliphatic rings. The van der Waals surface area contributed by atoms with Crippen molar-refractivity contribution in [1.82, 2.24) is 0 Å². The summed E-state index contributed by atoms with van der Waals surface area (Å²) in [6.45, 7) is 1.91. The predicted molar refractivity (Wildman–Crippen MR) is 77.8 cm³/mol. The molecule has 1 N–H and O–H groups in total. The molecule has 0 amide bonds. The number of hydrogen-bond donors (Lipinski definition) is 1. The van der Waals surface area contributed by atoms with Gasteiger partial charge in [0.25, 0.3) is 0 Å². The van der Waals surface area contributed by atoms with E-state index in [0.717, 1.165) is 16.9 Å². The van der Waals surface area contributed by atoms with Crippen molar-refractivity contribution in [2.24, 2.45) is 0 Å². The van der Waals surface area contributed by atoms with Crippen LogP contribution < -0.4 is 4.74 Å². The molecule has 0 aromatic heterocycles. The third-order valence-electron chi connectivity index (χ3n) is 3.25. The molecule has 2 rings (SSSR count). The van der Waals surface area contributed by atoms with E-state index in [9.17, 15) is 9.50 Å². The van der Waals surface area contributed by atoms with Gasteiger partial charge in [-0.05, 0) is 41.8 Å². The van der Waals surface area contributed by atoms with Gasteiger partial charge in [0, 0.05) is 6.42 Å². The monoisotopic (exact) mass is 294 g/mol. The van der Waals surface area contributed by atoms with Gasteiger partial charge in [0.15, 0.2) is 0 Å². The Kier molecular flexibility index (Phi) is 4.63. The molecule has 106 valence electrons. The minimum atomic E-state index is -0.737. The first kappa shape index (κ1) is 14.8. The Morgan fingerprint density at radius 3 is 2.70 bits per heavy atom. The Hall–Kier alpha value is -1.58. The molecule has 20 heavy (non-hydrogen) atoms. The summed E-state index contributed by atoms with van der Waals surface area (Å²) in [6, 6.07) is 10.1. The molecular weight excluding hydrogens is 279 g/mol. The number of methoxy groups -OCH3 is 1. The van der Waals surface area contributed by atoms with E-state index in [2.05, 4.69) is 0 Å². The quantitative estimate of drug-likeness (QED) is 0.921. The van der Waals surface area contributed by atoms with E-state index in [1.807, 2.05) is 13.0 Å². The second kappa shape index (κ2) is 6.25. The molecule has 1 atom stereocenters. The zero-order chi connectivity index (χ0) is 14.7. The van der Waals surface area contributed by atoms with Crippen molar-refractivity contribution in [3.63, 3.8) is 0 Å². The number of rotatable bonds is 4. The van der Waals surface area contributed by atoms with Gasteiger partial charge < -0.3 is 9.84 Å². The SMILES string of the molecule is COc1ccc(C(O)Cc2cccc(F)c2Cl)cc1C. The van der Waals surface area contributed by atoms with Gasteiger partial charge in [-0.1, -0.05) is 29.8 Å². The Balaban J connectivity index is 2.21. The fourth-order valence-electron chi connectivity index (χ4n) is 2.14. The van der Waals surface area contributed by atoms with Gasteiger partial charge in [-0.25, -0.2) is 4.39 Å². The lowest BCUT2D eigenvalue weighted by Gasteiger charge is -2.14. The lowest BCUT2D eigenvalue weighted by atomic mass is 9.99. The van der Waals surface area contributed by atoms with Gasteiger partial charge in [0.05, 0.1) is 18.2 Å². The fourth-order valence-corrected chi connectivity index (χ4v) is 2.34. The van der Waals surface area contributed by atoms with Gasteiger partial charge in [-0.3, -0.25) is 0 Å². The highest BCUT2D eigenvalue weighted by molar-refractivity contribution is 6.31. The van der Waals surface area contributed by atoms with Crippen LogP contribution in [-0.2, 0) is 6.42 Å². The highest BCUT2D eigenvalue weighted by atomic mass is 35.5. The summed E-state index contributed by atoms with van der Waals surface area (Å²) in [7, 11) is 1.60. The van der Waals surface area contributed by atoms with Crippen LogP contribution in [0.2, 0.25) is 5.02 Å². The molecular formula is C16H16ClFO2. The van der Waals surface area contributed by atoms with Crippen molar-refractivity contribution < 1.29 is 14.2 Å². The summed E-state index contributed by atoms with van der Waals surface area (Å²) in [6.07, 6.45) is -0.471. The van der Waals surface area contributed by atoms with Crippen LogP contribution in [0.4, 0.5) is 4.39 Å². The molecule has 2 aromatic rings. The molecule has 0 saturated carbocycles. The first-order chi connectivity index (χ1) is 9.52. The zero-order valence-corrected chi connectivity index (χ0v) is 12.1. The van der Waals surface area contributed by atoms with Crippen LogP contribution in [0.15, 0.2) is 36.4 Å². The highest BCUT2D eigenvalue weighted by Gasteiger charge is 2.14. The van der Waals surface area contributed by atoms with E-state index in [1.165, 1.54) is 6.07 Å². The zero-order valence-electron chi connectivity index (χ0n) is 11.4. The van der Waals surface area contributed by atoms with Crippen LogP contribution in [0.25, 0.3) is 0 Å². The van der Waals surface area contributed by atoms with Crippen molar-refractivity contribution in [2.45, 2.75) is 19.4 Å². The Labute approximate surface area is 122 Å². The molecule has 0 bridgehead atoms. The maximum atomic E-state index is 13.4. The van der Waals surface area contributed by atoms with Crippen molar-refractivity contribution in [2.75, 3.05) is 7.11 Å². The number of ether oxygens (including phenoxy) is 1. The van der Waals surface area contributed by atoms with Gasteiger partial charge in [0.2, 0.25) is 0 Å². The van der Waals surface area contributed by atoms with E-state index in [4.69, 9.17) is 16.3 Å². The predicted octanol–water partition coefficient (Wildman–Crippen LogP) is 4.07. The first-order valence-corrected chi connectivity index (χ1v) is 6.66. The number of halogens is 2. The second-order valence-electron chi connectivity index (χ2n) is 4.66. The number of hydrogen-bond acceptors (Lipinski definition) is 2. The number of aryl methyl sites for hydroxylation is 1. The second-order valence-corrected chi connectivity index (χ2v) is 5.04. The van der Waals surface area contributed by atoms with Crippen LogP contribution in [-0.4, -0.2) is 12.2 Å². The van der Waals surface area contributed by atoms with Gasteiger partial charge in [0.1, 0.15) is 11.6 Å². The van der Waals surface area contributed by atoms with E-state index in [0.29, 0.717) is 5.56 Å². The molecule has 1 unspecified atom stereocenters. The minimum absolute atomic E-state index is 0.0665. The van der Waals surface area contributed by atoms with E-state index in [-0.39, 0.29) is 11.4 Å². The Morgan fingerprint density at radius 2 is 2.05 bits per heavy atom. The van der Waals surface area contributed by atoms with Crippen LogP contribution in [0, 0.1) is 12.7 Å². The first-order valence-electron chi connectivity index (χ1n) is 6.28. The molecule has 0 saturated heterocycles. The van der Waals surface area contributed by atoms with Crippen molar-refractivity contribution in [3.8, 4) is 5.75 Å². The summed E-state index contributed by atoms with van der Waals surface area (Å²) in [5, 5.41) is 10.3. The summed E-state index contributed by atoms with van der Waals surface area (Å²) in [5.74, 6) is 0.298. The van der Waals surface area contributed by atoms with Crippen molar-refractivity contribution in [1.29, 1.82) is 0 Å². The number of aliphatic hydroxyl groups excluding tert-OH is 1. The average molecular weight is 295 g/mol. The standard InChI is InChI=1S/C16H16ClFO2/c1-10-8-11(6-7-15(10)20-2)14(19)9-12-4-3-5-13(18)16(12)17/h3-8,14,19H,9H2,1-2H3. The fraction of sp³-hybridized carbons (Fsp3) is 0.250. The van der Waals surface area contributed by atoms with E-state index < -0.39 is 11.9 Å². The molecule has 0 aliphatic heterocycles. The Bertz CT molecular complexity index is 613. The van der Waals surface area contributed by atoms with Crippen molar-refractivity contribution in [3.05, 3.63) is 63.9 Å². The Morgan fingerprint density at radius 1 is 1.30 bits per heavy atom. The molecule has 2 aromatic carbocycles. The highest BCUT2D eigenvalue weighted by Crippen LogP contribution is 2.28. The summed E-state index contributed by atoms with van der Waals surface area (Å²) in [4.78, 5) is 0. The van der Waals surface area contributed by atoms with Gasteiger partial charge in [-0.2, -0.15) is 0 Å². The summed E-state index contributed by atoms with van der Waals surface area (Å²) < 4.78 is 18.5. The van der Waals surface area contributed by atoms with Crippen LogP contribution in [0.3, 0.4) is 0 Å². The van der Waals surface area contributed by atoms with E-state index >= 15 is 0 Å². The third kappa shape index (κ3) is 3.11. The maximum Gasteiger partial charge on any atom is 0.142 e. The van der Waals surface area contributed by atoms with E-state index in [1.54, 1.807) is 31.4 Å². The average Bonchev–Trinajstić information content (AvgIpc) is 2.43. The smallest absolute Gasteiger partial charge is 0.142 e. The molecule has 0 aliphatic carbocycles.